The molecule has 1 amide bonds. The Hall–Kier alpha value is -2.39. The van der Waals surface area contributed by atoms with Crippen LogP contribution in [0, 0.1) is 0 Å². The SMILES string of the molecule is O=C1c2ccccc2CN1Cl.c1ccc2ncccc2c1. The Morgan fingerprint density at radius 2 is 1.67 bits per heavy atom. The normalized spacial score (nSPS) is 12.8. The summed E-state index contributed by atoms with van der Waals surface area (Å²) in [5.41, 5.74) is 2.79. The third-order valence-corrected chi connectivity index (χ3v) is 3.56. The molecular formula is C17H13ClN2O. The van der Waals surface area contributed by atoms with Gasteiger partial charge >= 0.3 is 0 Å². The van der Waals surface area contributed by atoms with Crippen LogP contribution in [0.5, 0.6) is 0 Å². The second kappa shape index (κ2) is 5.94. The average molecular weight is 297 g/mol. The highest BCUT2D eigenvalue weighted by Gasteiger charge is 2.24. The zero-order valence-corrected chi connectivity index (χ0v) is 12.0. The second-order valence-electron chi connectivity index (χ2n) is 4.68. The van der Waals surface area contributed by atoms with Crippen molar-refractivity contribution in [1.82, 2.24) is 9.40 Å². The van der Waals surface area contributed by atoms with Gasteiger partial charge < -0.3 is 0 Å². The Morgan fingerprint density at radius 1 is 0.952 bits per heavy atom. The van der Waals surface area contributed by atoms with E-state index in [9.17, 15) is 4.79 Å². The summed E-state index contributed by atoms with van der Waals surface area (Å²) in [6, 6.07) is 19.5. The Labute approximate surface area is 127 Å². The summed E-state index contributed by atoms with van der Waals surface area (Å²) in [5.74, 6) is -0.0951. The number of carbonyl (C=O) groups excluding carboxylic acids is 1. The highest BCUT2D eigenvalue weighted by atomic mass is 35.5. The van der Waals surface area contributed by atoms with Crippen LogP contribution in [-0.4, -0.2) is 15.3 Å². The maximum Gasteiger partial charge on any atom is 0.268 e. The lowest BCUT2D eigenvalue weighted by molar-refractivity contribution is 0.0881. The van der Waals surface area contributed by atoms with Crippen LogP contribution in [0.15, 0.2) is 66.9 Å². The van der Waals surface area contributed by atoms with Crippen molar-refractivity contribution in [1.29, 1.82) is 0 Å². The number of halogens is 1. The summed E-state index contributed by atoms with van der Waals surface area (Å²) < 4.78 is 1.20. The highest BCUT2D eigenvalue weighted by Crippen LogP contribution is 2.23. The van der Waals surface area contributed by atoms with Crippen LogP contribution in [0.1, 0.15) is 15.9 Å². The molecule has 0 N–H and O–H groups in total. The van der Waals surface area contributed by atoms with E-state index in [1.54, 1.807) is 6.07 Å². The summed E-state index contributed by atoms with van der Waals surface area (Å²) in [6.07, 6.45) is 1.81. The summed E-state index contributed by atoms with van der Waals surface area (Å²) >= 11 is 5.61. The zero-order valence-electron chi connectivity index (χ0n) is 11.2. The van der Waals surface area contributed by atoms with Crippen molar-refractivity contribution < 1.29 is 4.79 Å². The third kappa shape index (κ3) is 2.88. The molecule has 4 rings (SSSR count). The third-order valence-electron chi connectivity index (χ3n) is 3.29. The number of carbonyl (C=O) groups is 1. The monoisotopic (exact) mass is 296 g/mol. The molecule has 3 nitrogen and oxygen atoms in total. The van der Waals surface area contributed by atoms with E-state index in [1.807, 2.05) is 48.7 Å². The molecule has 0 spiro atoms. The fraction of sp³-hybridized carbons (Fsp3) is 0.0588. The van der Waals surface area contributed by atoms with Crippen LogP contribution >= 0.6 is 11.8 Å². The molecule has 3 aromatic rings. The van der Waals surface area contributed by atoms with Gasteiger partial charge in [-0.25, -0.2) is 4.42 Å². The van der Waals surface area contributed by atoms with Gasteiger partial charge in [0.1, 0.15) is 0 Å². The molecule has 104 valence electrons. The number of pyridine rings is 1. The van der Waals surface area contributed by atoms with E-state index in [1.165, 1.54) is 9.81 Å². The molecule has 2 aromatic carbocycles. The number of benzene rings is 2. The van der Waals surface area contributed by atoms with Gasteiger partial charge in [0.2, 0.25) is 0 Å². The molecule has 1 aliphatic rings. The fourth-order valence-corrected chi connectivity index (χ4v) is 2.45. The lowest BCUT2D eigenvalue weighted by Crippen LogP contribution is -2.10. The molecule has 0 bridgehead atoms. The quantitative estimate of drug-likeness (QED) is 0.587. The van der Waals surface area contributed by atoms with Gasteiger partial charge in [-0.2, -0.15) is 0 Å². The second-order valence-corrected chi connectivity index (χ2v) is 5.09. The van der Waals surface area contributed by atoms with Crippen LogP contribution in [0.3, 0.4) is 0 Å². The average Bonchev–Trinajstić information content (AvgIpc) is 2.83. The van der Waals surface area contributed by atoms with Crippen LogP contribution in [0.25, 0.3) is 10.9 Å². The van der Waals surface area contributed by atoms with Gasteiger partial charge in [0, 0.05) is 28.9 Å². The highest BCUT2D eigenvalue weighted by molar-refractivity contribution is 6.25. The van der Waals surface area contributed by atoms with Crippen LogP contribution < -0.4 is 0 Å². The van der Waals surface area contributed by atoms with E-state index in [-0.39, 0.29) is 5.91 Å². The van der Waals surface area contributed by atoms with Gasteiger partial charge in [0.15, 0.2) is 0 Å². The Balaban J connectivity index is 0.000000126. The molecular weight excluding hydrogens is 284 g/mol. The largest absolute Gasteiger partial charge is 0.268 e. The zero-order chi connectivity index (χ0) is 14.7. The number of rotatable bonds is 0. The first-order chi connectivity index (χ1) is 10.3. The lowest BCUT2D eigenvalue weighted by atomic mass is 10.1. The first-order valence-corrected chi connectivity index (χ1v) is 6.95. The number of hydrogen-bond donors (Lipinski definition) is 0. The van der Waals surface area contributed by atoms with Crippen molar-refractivity contribution in [2.75, 3.05) is 0 Å². The van der Waals surface area contributed by atoms with Crippen LogP contribution in [0.4, 0.5) is 0 Å². The topological polar surface area (TPSA) is 33.2 Å². The molecule has 0 fully saturated rings. The van der Waals surface area contributed by atoms with E-state index in [0.29, 0.717) is 6.54 Å². The Morgan fingerprint density at radius 3 is 2.48 bits per heavy atom. The van der Waals surface area contributed by atoms with Crippen molar-refractivity contribution in [2.24, 2.45) is 0 Å². The van der Waals surface area contributed by atoms with E-state index in [4.69, 9.17) is 11.8 Å². The number of nitrogens with zero attached hydrogens (tertiary/aromatic N) is 2. The van der Waals surface area contributed by atoms with E-state index in [0.717, 1.165) is 16.6 Å². The van der Waals surface area contributed by atoms with Gasteiger partial charge in [0.05, 0.1) is 12.1 Å². The summed E-state index contributed by atoms with van der Waals surface area (Å²) in [4.78, 5) is 15.4. The number of amides is 1. The standard InChI is InChI=1S/C9H7N.C8H6ClNO/c1-2-6-9-8(4-1)5-3-7-10-9;9-10-5-6-3-1-2-4-7(6)8(10)11/h1-7H;1-4H,5H2. The summed E-state index contributed by atoms with van der Waals surface area (Å²) in [7, 11) is 0. The van der Waals surface area contributed by atoms with Crippen LogP contribution in [0.2, 0.25) is 0 Å². The Kier molecular flexibility index (Phi) is 3.84. The number of hydrogen-bond acceptors (Lipinski definition) is 2. The van der Waals surface area contributed by atoms with Gasteiger partial charge in [-0.15, -0.1) is 0 Å². The smallest absolute Gasteiger partial charge is 0.268 e. The van der Waals surface area contributed by atoms with Crippen LogP contribution in [-0.2, 0) is 6.54 Å². The molecule has 0 unspecified atom stereocenters. The molecule has 1 aliphatic heterocycles. The van der Waals surface area contributed by atoms with E-state index >= 15 is 0 Å². The predicted molar refractivity (Wildman–Crippen MR) is 83.9 cm³/mol. The lowest BCUT2D eigenvalue weighted by Gasteiger charge is -1.99. The summed E-state index contributed by atoms with van der Waals surface area (Å²) in [5, 5.41) is 1.20. The van der Waals surface area contributed by atoms with Crippen molar-refractivity contribution in [2.45, 2.75) is 6.54 Å². The van der Waals surface area contributed by atoms with Crippen molar-refractivity contribution >= 4 is 28.6 Å². The molecule has 0 aliphatic carbocycles. The van der Waals surface area contributed by atoms with Gasteiger partial charge in [-0.1, -0.05) is 42.5 Å². The Bertz CT molecular complexity index is 723. The van der Waals surface area contributed by atoms with E-state index < -0.39 is 0 Å². The van der Waals surface area contributed by atoms with E-state index in [2.05, 4.69) is 17.1 Å². The van der Waals surface area contributed by atoms with Crippen molar-refractivity contribution in [3.8, 4) is 0 Å². The molecule has 4 heteroatoms. The molecule has 1 aromatic heterocycles. The molecule has 2 heterocycles. The molecule has 0 saturated carbocycles. The predicted octanol–water partition coefficient (Wildman–Crippen LogP) is 4.03. The minimum Gasteiger partial charge on any atom is -0.268 e. The molecule has 0 saturated heterocycles. The summed E-state index contributed by atoms with van der Waals surface area (Å²) in [6.45, 7) is 0.524. The first kappa shape index (κ1) is 13.6. The maximum absolute atomic E-state index is 11.2. The van der Waals surface area contributed by atoms with Gasteiger partial charge in [-0.05, 0) is 23.8 Å². The van der Waals surface area contributed by atoms with Gasteiger partial charge in [-0.3, -0.25) is 9.78 Å². The number of aromatic nitrogens is 1. The number of fused-ring (bicyclic) bond motifs is 2. The molecule has 21 heavy (non-hydrogen) atoms. The maximum atomic E-state index is 11.2. The minimum atomic E-state index is -0.0951. The van der Waals surface area contributed by atoms with Crippen molar-refractivity contribution in [3.63, 3.8) is 0 Å². The molecule has 0 atom stereocenters. The fourth-order valence-electron chi connectivity index (χ4n) is 2.23. The molecule has 0 radical (unpaired) electrons. The van der Waals surface area contributed by atoms with Gasteiger partial charge in [0.25, 0.3) is 5.91 Å². The number of para-hydroxylation sites is 1. The van der Waals surface area contributed by atoms with Crippen molar-refractivity contribution in [3.05, 3.63) is 78.0 Å². The first-order valence-electron chi connectivity index (χ1n) is 6.61. The minimum absolute atomic E-state index is 0.0951.